The fraction of sp³-hybridized carbons (Fsp3) is 0.235. The highest BCUT2D eigenvalue weighted by atomic mass is 35.5. The molecule has 29 heavy (non-hydrogen) atoms. The van der Waals surface area contributed by atoms with Gasteiger partial charge in [0.25, 0.3) is 15.9 Å². The molecule has 3 aromatic rings. The molecule has 0 aliphatic carbocycles. The van der Waals surface area contributed by atoms with Gasteiger partial charge in [-0.15, -0.1) is 11.3 Å². The molecule has 9 nitrogen and oxygen atoms in total. The molecule has 0 unspecified atom stereocenters. The van der Waals surface area contributed by atoms with E-state index < -0.39 is 10.0 Å². The summed E-state index contributed by atoms with van der Waals surface area (Å²) in [4.78, 5) is 5.52. The second kappa shape index (κ2) is 7.75. The molecule has 0 amide bonds. The average Bonchev–Trinajstić information content (AvgIpc) is 3.39. The van der Waals surface area contributed by atoms with Crippen molar-refractivity contribution >= 4 is 43.8 Å². The van der Waals surface area contributed by atoms with E-state index in [1.54, 1.807) is 12.3 Å². The molecule has 2 N–H and O–H groups in total. The normalized spacial score (nSPS) is 12.9. The molecular weight excluding hydrogens is 442 g/mol. The van der Waals surface area contributed by atoms with Crippen LogP contribution in [0.5, 0.6) is 11.5 Å². The Morgan fingerprint density at radius 2 is 2.03 bits per heavy atom. The van der Waals surface area contributed by atoms with Crippen LogP contribution in [-0.4, -0.2) is 20.4 Å². The minimum Gasteiger partial charge on any atom is -0.454 e. The van der Waals surface area contributed by atoms with E-state index in [9.17, 15) is 8.42 Å². The van der Waals surface area contributed by atoms with Crippen LogP contribution in [0.1, 0.15) is 16.8 Å². The topological polar surface area (TPSA) is 112 Å². The number of thiophene rings is 1. The average molecular weight is 458 g/mol. The van der Waals surface area contributed by atoms with Crippen LogP contribution in [0, 0.1) is 13.8 Å². The van der Waals surface area contributed by atoms with Crippen molar-refractivity contribution < 1.29 is 27.3 Å². The van der Waals surface area contributed by atoms with Crippen molar-refractivity contribution in [1.29, 1.82) is 0 Å². The first-order valence-electron chi connectivity index (χ1n) is 8.34. The first kappa shape index (κ1) is 19.8. The number of sulfonamides is 1. The van der Waals surface area contributed by atoms with Gasteiger partial charge in [-0.05, 0) is 48.6 Å². The number of aromatic nitrogens is 1. The number of fused-ring (bicyclic) bond motifs is 1. The molecule has 0 fully saturated rings. The van der Waals surface area contributed by atoms with Crippen LogP contribution in [0.15, 0.2) is 33.0 Å². The van der Waals surface area contributed by atoms with E-state index in [4.69, 9.17) is 30.4 Å². The Labute approximate surface area is 175 Å². The van der Waals surface area contributed by atoms with Crippen molar-refractivity contribution in [1.82, 2.24) is 5.16 Å². The van der Waals surface area contributed by atoms with Gasteiger partial charge in [0.1, 0.15) is 27.2 Å². The summed E-state index contributed by atoms with van der Waals surface area (Å²) in [7, 11) is -3.96. The minimum atomic E-state index is -3.96. The zero-order valence-corrected chi connectivity index (χ0v) is 17.7. The Morgan fingerprint density at radius 1 is 1.28 bits per heavy atom. The molecule has 2 aromatic heterocycles. The molecular formula is C17H16ClN3O6S2. The second-order valence-electron chi connectivity index (χ2n) is 6.15. The zero-order chi connectivity index (χ0) is 20.6. The molecule has 0 saturated carbocycles. The maximum atomic E-state index is 12.7. The lowest BCUT2D eigenvalue weighted by Gasteiger charge is -2.11. The number of nitrogens with one attached hydrogen (secondary N) is 2. The summed E-state index contributed by atoms with van der Waals surface area (Å²) in [6.07, 6.45) is 0. The third kappa shape index (κ3) is 3.99. The first-order valence-corrected chi connectivity index (χ1v) is 11.1. The van der Waals surface area contributed by atoms with Gasteiger partial charge in [-0.1, -0.05) is 16.8 Å². The number of ether oxygens (including phenoxy) is 2. The number of hydrogen-bond acceptors (Lipinski definition) is 9. The lowest BCUT2D eigenvalue weighted by Crippen LogP contribution is -2.14. The van der Waals surface area contributed by atoms with Crippen LogP contribution in [0.4, 0.5) is 10.9 Å². The van der Waals surface area contributed by atoms with E-state index in [-0.39, 0.29) is 29.2 Å². The Hall–Kier alpha value is -2.47. The number of hydrogen-bond donors (Lipinski definition) is 2. The lowest BCUT2D eigenvalue weighted by molar-refractivity contribution is 0.172. The largest absolute Gasteiger partial charge is 0.454 e. The second-order valence-corrected chi connectivity index (χ2v) is 9.10. The Balaban J connectivity index is 1.45. The molecule has 1 aromatic carbocycles. The highest BCUT2D eigenvalue weighted by Crippen LogP contribution is 2.35. The van der Waals surface area contributed by atoms with Gasteiger partial charge >= 0.3 is 0 Å². The number of nitrogens with zero attached hydrogens (tertiary/aromatic N) is 1. The Bertz CT molecular complexity index is 1160. The summed E-state index contributed by atoms with van der Waals surface area (Å²) in [6, 6.07) is 5.15. The molecule has 3 heterocycles. The summed E-state index contributed by atoms with van der Waals surface area (Å²) in [6.45, 7) is 3.91. The molecule has 0 spiro atoms. The van der Waals surface area contributed by atoms with Crippen molar-refractivity contribution in [3.05, 3.63) is 45.4 Å². The van der Waals surface area contributed by atoms with Crippen molar-refractivity contribution in [3.8, 4) is 11.5 Å². The molecule has 0 saturated heterocycles. The zero-order valence-electron chi connectivity index (χ0n) is 15.3. The summed E-state index contributed by atoms with van der Waals surface area (Å²) in [5.41, 5.74) is 4.93. The maximum Gasteiger partial charge on any atom is 0.267 e. The summed E-state index contributed by atoms with van der Waals surface area (Å²) >= 11 is 7.16. The lowest BCUT2D eigenvalue weighted by atomic mass is 10.1. The quantitative estimate of drug-likeness (QED) is 0.510. The number of halogens is 1. The number of aryl methyl sites for hydroxylation is 2. The van der Waals surface area contributed by atoms with Gasteiger partial charge in [0.05, 0.1) is 0 Å². The van der Waals surface area contributed by atoms with E-state index in [0.29, 0.717) is 22.2 Å². The van der Waals surface area contributed by atoms with Crippen LogP contribution in [0.25, 0.3) is 0 Å². The fourth-order valence-corrected chi connectivity index (χ4v) is 4.99. The van der Waals surface area contributed by atoms with Gasteiger partial charge in [0.15, 0.2) is 11.5 Å². The van der Waals surface area contributed by atoms with E-state index >= 15 is 0 Å². The van der Waals surface area contributed by atoms with Crippen molar-refractivity contribution in [2.75, 3.05) is 17.0 Å². The van der Waals surface area contributed by atoms with Crippen molar-refractivity contribution in [2.24, 2.45) is 0 Å². The third-order valence-electron chi connectivity index (χ3n) is 4.16. The molecule has 0 bridgehead atoms. The number of anilines is 2. The van der Waals surface area contributed by atoms with Crippen LogP contribution in [0.3, 0.4) is 0 Å². The number of rotatable bonds is 7. The van der Waals surface area contributed by atoms with E-state index in [2.05, 4.69) is 15.4 Å². The van der Waals surface area contributed by atoms with Crippen LogP contribution in [0.2, 0.25) is 5.02 Å². The summed E-state index contributed by atoms with van der Waals surface area (Å²) in [5.74, 6) is 1.20. The molecule has 1 aliphatic rings. The Morgan fingerprint density at radius 3 is 2.76 bits per heavy atom. The summed E-state index contributed by atoms with van der Waals surface area (Å²) < 4.78 is 43.3. The van der Waals surface area contributed by atoms with E-state index in [1.165, 1.54) is 17.4 Å². The summed E-state index contributed by atoms with van der Waals surface area (Å²) in [5, 5.41) is 5.67. The molecule has 1 aliphatic heterocycles. The van der Waals surface area contributed by atoms with Gasteiger partial charge in [0, 0.05) is 0 Å². The van der Waals surface area contributed by atoms with E-state index in [0.717, 1.165) is 11.1 Å². The number of benzene rings is 1. The first-order chi connectivity index (χ1) is 13.8. The minimum absolute atomic E-state index is 0.00460. The predicted octanol–water partition coefficient (Wildman–Crippen LogP) is 4.08. The van der Waals surface area contributed by atoms with Gasteiger partial charge in [0.2, 0.25) is 6.79 Å². The van der Waals surface area contributed by atoms with Gasteiger partial charge in [-0.25, -0.2) is 13.1 Å². The Kier molecular flexibility index (Phi) is 5.30. The molecule has 0 radical (unpaired) electrons. The maximum absolute atomic E-state index is 12.7. The standard InChI is InChI=1S/C17H16ClN3O6S2/c1-9-5-12-13(25-8-24-12)6-11(9)7-26-20-17-14(3-4-28-17)29(22,23)21-16-15(18)10(2)19-27-16/h3-6,20-21H,7-8H2,1-2H3. The predicted molar refractivity (Wildman–Crippen MR) is 107 cm³/mol. The molecule has 0 atom stereocenters. The van der Waals surface area contributed by atoms with Crippen LogP contribution >= 0.6 is 22.9 Å². The van der Waals surface area contributed by atoms with Crippen LogP contribution < -0.4 is 19.7 Å². The van der Waals surface area contributed by atoms with Gasteiger partial charge < -0.3 is 14.0 Å². The van der Waals surface area contributed by atoms with Crippen molar-refractivity contribution in [2.45, 2.75) is 25.3 Å². The highest BCUT2D eigenvalue weighted by molar-refractivity contribution is 7.93. The van der Waals surface area contributed by atoms with Crippen molar-refractivity contribution in [3.63, 3.8) is 0 Å². The van der Waals surface area contributed by atoms with Gasteiger partial charge in [-0.2, -0.15) is 0 Å². The van der Waals surface area contributed by atoms with Crippen LogP contribution in [-0.2, 0) is 21.5 Å². The van der Waals surface area contributed by atoms with E-state index in [1.807, 2.05) is 19.1 Å². The monoisotopic (exact) mass is 457 g/mol. The molecule has 4 rings (SSSR count). The highest BCUT2D eigenvalue weighted by Gasteiger charge is 2.24. The third-order valence-corrected chi connectivity index (χ3v) is 6.92. The molecule has 12 heteroatoms. The molecule has 154 valence electrons. The smallest absolute Gasteiger partial charge is 0.267 e. The SMILES string of the molecule is Cc1cc2c(cc1CONc1sccc1S(=O)(=O)Nc1onc(C)c1Cl)OCO2. The van der Waals surface area contributed by atoms with Gasteiger partial charge in [-0.3, -0.25) is 10.3 Å². The fourth-order valence-electron chi connectivity index (χ4n) is 2.60.